The summed E-state index contributed by atoms with van der Waals surface area (Å²) in [4.78, 5) is 8.61. The first-order chi connectivity index (χ1) is 9.45. The molecule has 0 aliphatic heterocycles. The van der Waals surface area contributed by atoms with Crippen molar-refractivity contribution in [3.63, 3.8) is 0 Å². The fourth-order valence-electron chi connectivity index (χ4n) is 1.60. The third-order valence-corrected chi connectivity index (χ3v) is 4.62. The number of rotatable bonds is 8. The summed E-state index contributed by atoms with van der Waals surface area (Å²) in [7, 11) is 0. The Hall–Kier alpha value is -1.00. The van der Waals surface area contributed by atoms with Crippen molar-refractivity contribution in [2.75, 3.05) is 11.5 Å². The Bertz CT molecular complexity index is 405. The molecule has 0 aliphatic rings. The second-order valence-corrected chi connectivity index (χ2v) is 6.32. The Balaban J connectivity index is 1.49. The molecule has 0 saturated heterocycles. The fourth-order valence-corrected chi connectivity index (χ4v) is 3.33. The molecule has 2 heterocycles. The van der Waals surface area contributed by atoms with E-state index in [2.05, 4.69) is 22.1 Å². The van der Waals surface area contributed by atoms with Gasteiger partial charge < -0.3 is 0 Å². The summed E-state index contributed by atoms with van der Waals surface area (Å²) >= 11 is 3.69. The molecule has 0 N–H and O–H groups in total. The molecule has 0 aromatic carbocycles. The van der Waals surface area contributed by atoms with E-state index in [0.717, 1.165) is 21.6 Å². The van der Waals surface area contributed by atoms with Crippen LogP contribution in [0.25, 0.3) is 0 Å². The third kappa shape index (κ3) is 6.12. The van der Waals surface area contributed by atoms with Crippen molar-refractivity contribution in [2.45, 2.75) is 29.3 Å². The minimum atomic E-state index is 1.13. The van der Waals surface area contributed by atoms with Crippen molar-refractivity contribution < 1.29 is 0 Å². The Morgan fingerprint density at radius 2 is 1.21 bits per heavy atom. The first kappa shape index (κ1) is 14.4. The van der Waals surface area contributed by atoms with Gasteiger partial charge in [0.05, 0.1) is 10.1 Å². The van der Waals surface area contributed by atoms with E-state index in [1.165, 1.54) is 19.3 Å². The Kier molecular flexibility index (Phi) is 6.82. The van der Waals surface area contributed by atoms with E-state index in [-0.39, 0.29) is 0 Å². The van der Waals surface area contributed by atoms with Gasteiger partial charge in [-0.1, -0.05) is 18.6 Å². The van der Waals surface area contributed by atoms with Crippen molar-refractivity contribution in [3.05, 3.63) is 48.8 Å². The predicted molar refractivity (Wildman–Crippen MR) is 83.8 cm³/mol. The molecular formula is C15H18N2S2. The molecule has 0 radical (unpaired) electrons. The summed E-state index contributed by atoms with van der Waals surface area (Å²) < 4.78 is 0. The Morgan fingerprint density at radius 3 is 1.63 bits per heavy atom. The van der Waals surface area contributed by atoms with E-state index in [4.69, 9.17) is 0 Å². The SMILES string of the molecule is c1ccc(SCCCCCSc2ccccn2)nc1. The number of unbranched alkanes of at least 4 members (excludes halogenated alkanes) is 2. The van der Waals surface area contributed by atoms with Crippen molar-refractivity contribution >= 4 is 23.5 Å². The van der Waals surface area contributed by atoms with Crippen molar-refractivity contribution in [2.24, 2.45) is 0 Å². The molecule has 100 valence electrons. The Morgan fingerprint density at radius 1 is 0.684 bits per heavy atom. The van der Waals surface area contributed by atoms with Gasteiger partial charge in [-0.05, 0) is 48.6 Å². The second-order valence-electron chi connectivity index (χ2n) is 4.09. The first-order valence-electron chi connectivity index (χ1n) is 6.53. The van der Waals surface area contributed by atoms with Gasteiger partial charge in [-0.2, -0.15) is 0 Å². The van der Waals surface area contributed by atoms with Crippen LogP contribution in [0.2, 0.25) is 0 Å². The number of hydrogen-bond donors (Lipinski definition) is 0. The van der Waals surface area contributed by atoms with Crippen LogP contribution in [0.1, 0.15) is 19.3 Å². The lowest BCUT2D eigenvalue weighted by molar-refractivity contribution is 0.784. The number of aromatic nitrogens is 2. The van der Waals surface area contributed by atoms with Gasteiger partial charge in [-0.3, -0.25) is 0 Å². The van der Waals surface area contributed by atoms with E-state index in [1.54, 1.807) is 0 Å². The minimum Gasteiger partial charge on any atom is -0.250 e. The van der Waals surface area contributed by atoms with E-state index >= 15 is 0 Å². The molecule has 2 nitrogen and oxygen atoms in total. The molecule has 0 unspecified atom stereocenters. The van der Waals surface area contributed by atoms with Gasteiger partial charge in [0, 0.05) is 12.4 Å². The largest absolute Gasteiger partial charge is 0.250 e. The summed E-state index contributed by atoms with van der Waals surface area (Å²) in [5.74, 6) is 2.32. The summed E-state index contributed by atoms with van der Waals surface area (Å²) in [6, 6.07) is 12.1. The van der Waals surface area contributed by atoms with E-state index in [9.17, 15) is 0 Å². The highest BCUT2D eigenvalue weighted by molar-refractivity contribution is 7.99. The van der Waals surface area contributed by atoms with Gasteiger partial charge in [0.2, 0.25) is 0 Å². The number of thioether (sulfide) groups is 2. The maximum atomic E-state index is 4.30. The van der Waals surface area contributed by atoms with Gasteiger partial charge in [-0.15, -0.1) is 23.5 Å². The molecule has 2 aromatic rings. The summed E-state index contributed by atoms with van der Waals surface area (Å²) in [6.07, 6.45) is 7.49. The minimum absolute atomic E-state index is 1.13. The van der Waals surface area contributed by atoms with Crippen LogP contribution < -0.4 is 0 Å². The normalized spacial score (nSPS) is 10.5. The molecule has 0 atom stereocenters. The quantitative estimate of drug-likeness (QED) is 0.527. The lowest BCUT2D eigenvalue weighted by Gasteiger charge is -2.02. The number of nitrogens with zero attached hydrogens (tertiary/aromatic N) is 2. The van der Waals surface area contributed by atoms with Gasteiger partial charge in [-0.25, -0.2) is 9.97 Å². The lowest BCUT2D eigenvalue weighted by atomic mass is 10.3. The van der Waals surface area contributed by atoms with Crippen LogP contribution >= 0.6 is 23.5 Å². The van der Waals surface area contributed by atoms with Crippen LogP contribution in [0.4, 0.5) is 0 Å². The standard InChI is InChI=1S/C15H18N2S2/c1(6-12-18-14-8-2-4-10-16-14)7-13-19-15-9-3-5-11-17-15/h2-5,8-11H,1,6-7,12-13H2. The average Bonchev–Trinajstić information content (AvgIpc) is 2.48. The van der Waals surface area contributed by atoms with Crippen LogP contribution in [0.3, 0.4) is 0 Å². The first-order valence-corrected chi connectivity index (χ1v) is 8.50. The van der Waals surface area contributed by atoms with Crippen molar-refractivity contribution in [1.29, 1.82) is 0 Å². The molecule has 0 saturated carbocycles. The second kappa shape index (κ2) is 8.99. The molecule has 0 bridgehead atoms. The molecular weight excluding hydrogens is 272 g/mol. The molecule has 2 rings (SSSR count). The number of hydrogen-bond acceptors (Lipinski definition) is 4. The van der Waals surface area contributed by atoms with E-state index in [0.29, 0.717) is 0 Å². The third-order valence-electron chi connectivity index (χ3n) is 2.56. The fraction of sp³-hybridized carbons (Fsp3) is 0.333. The van der Waals surface area contributed by atoms with Gasteiger partial charge >= 0.3 is 0 Å². The predicted octanol–water partition coefficient (Wildman–Crippen LogP) is 4.53. The van der Waals surface area contributed by atoms with Crippen LogP contribution in [-0.4, -0.2) is 21.5 Å². The van der Waals surface area contributed by atoms with Crippen LogP contribution in [0.5, 0.6) is 0 Å². The highest BCUT2D eigenvalue weighted by atomic mass is 32.2. The molecule has 0 fully saturated rings. The molecule has 0 spiro atoms. The zero-order valence-corrected chi connectivity index (χ0v) is 12.5. The highest BCUT2D eigenvalue weighted by Crippen LogP contribution is 2.19. The Labute approximate surface area is 123 Å². The van der Waals surface area contributed by atoms with Crippen LogP contribution in [-0.2, 0) is 0 Å². The summed E-state index contributed by atoms with van der Waals surface area (Å²) in [6.45, 7) is 0. The lowest BCUT2D eigenvalue weighted by Crippen LogP contribution is -1.86. The molecule has 0 amide bonds. The topological polar surface area (TPSA) is 25.8 Å². The molecule has 0 aliphatic carbocycles. The summed E-state index contributed by atoms with van der Waals surface area (Å²) in [5.41, 5.74) is 0. The van der Waals surface area contributed by atoms with Gasteiger partial charge in [0.1, 0.15) is 0 Å². The van der Waals surface area contributed by atoms with E-state index in [1.807, 2.05) is 60.2 Å². The molecule has 4 heteroatoms. The van der Waals surface area contributed by atoms with Crippen molar-refractivity contribution in [3.8, 4) is 0 Å². The van der Waals surface area contributed by atoms with E-state index < -0.39 is 0 Å². The monoisotopic (exact) mass is 290 g/mol. The van der Waals surface area contributed by atoms with Gasteiger partial charge in [0.15, 0.2) is 0 Å². The highest BCUT2D eigenvalue weighted by Gasteiger charge is 1.96. The zero-order valence-electron chi connectivity index (χ0n) is 10.9. The van der Waals surface area contributed by atoms with Crippen molar-refractivity contribution in [1.82, 2.24) is 9.97 Å². The van der Waals surface area contributed by atoms with Crippen LogP contribution in [0, 0.1) is 0 Å². The zero-order chi connectivity index (χ0) is 13.2. The van der Waals surface area contributed by atoms with Crippen LogP contribution in [0.15, 0.2) is 58.8 Å². The molecule has 19 heavy (non-hydrogen) atoms. The summed E-state index contributed by atoms with van der Waals surface area (Å²) in [5, 5.41) is 2.26. The van der Waals surface area contributed by atoms with Gasteiger partial charge in [0.25, 0.3) is 0 Å². The maximum absolute atomic E-state index is 4.30. The smallest absolute Gasteiger partial charge is 0.0959 e. The number of pyridine rings is 2. The molecule has 2 aromatic heterocycles. The average molecular weight is 290 g/mol. The maximum Gasteiger partial charge on any atom is 0.0959 e.